The number of hydrogen-bond donors (Lipinski definition) is 3. The molecule has 0 bridgehead atoms. The highest BCUT2D eigenvalue weighted by molar-refractivity contribution is 8.01. The van der Waals surface area contributed by atoms with Gasteiger partial charge in [0, 0.05) is 23.2 Å². The molecule has 0 atom stereocenters. The zero-order valence-electron chi connectivity index (χ0n) is 14.7. The van der Waals surface area contributed by atoms with Crippen LogP contribution < -0.4 is 26.0 Å². The minimum atomic E-state index is -0.569. The third kappa shape index (κ3) is 4.94. The van der Waals surface area contributed by atoms with Crippen molar-refractivity contribution >= 4 is 40.6 Å². The van der Waals surface area contributed by atoms with E-state index in [9.17, 15) is 4.39 Å². The van der Waals surface area contributed by atoms with Crippen molar-refractivity contribution in [2.75, 3.05) is 16.8 Å². The summed E-state index contributed by atoms with van der Waals surface area (Å²) in [5.41, 5.74) is 7.22. The molecule has 0 radical (unpaired) electrons. The lowest BCUT2D eigenvalue weighted by Gasteiger charge is -2.20. The van der Waals surface area contributed by atoms with Gasteiger partial charge in [0.25, 0.3) is 0 Å². The van der Waals surface area contributed by atoms with Crippen LogP contribution in [0.15, 0.2) is 36.8 Å². The summed E-state index contributed by atoms with van der Waals surface area (Å²) >= 11 is 7.52. The molecule has 1 aromatic heterocycles. The summed E-state index contributed by atoms with van der Waals surface area (Å²) in [6.07, 6.45) is 4.48. The average Bonchev–Trinajstić information content (AvgIpc) is 2.61. The largest absolute Gasteiger partial charge is 0.495 e. The van der Waals surface area contributed by atoms with Crippen molar-refractivity contribution in [1.29, 1.82) is 0 Å². The molecule has 0 saturated heterocycles. The monoisotopic (exact) mass is 397 g/mol. The predicted molar refractivity (Wildman–Crippen MR) is 107 cm³/mol. The molecule has 0 aliphatic carbocycles. The lowest BCUT2D eigenvalue weighted by Crippen LogP contribution is -2.27. The van der Waals surface area contributed by atoms with Crippen LogP contribution in [0.3, 0.4) is 0 Å². The number of pyridine rings is 1. The number of hydrazine groups is 1. The van der Waals surface area contributed by atoms with Crippen LogP contribution in [-0.2, 0) is 0 Å². The molecular formula is C17H21ClFN5OS. The van der Waals surface area contributed by atoms with Gasteiger partial charge in [0.2, 0.25) is 0 Å². The molecule has 2 aromatic rings. The fourth-order valence-corrected chi connectivity index (χ4v) is 2.78. The second kappa shape index (κ2) is 8.98. The average molecular weight is 398 g/mol. The third-order valence-corrected chi connectivity index (χ3v) is 4.40. The van der Waals surface area contributed by atoms with Gasteiger partial charge in [0.05, 0.1) is 29.7 Å². The normalized spacial score (nSPS) is 11.6. The lowest BCUT2D eigenvalue weighted by atomic mass is 10.2. The molecule has 26 heavy (non-hydrogen) atoms. The number of nitrogens with two attached hydrogens (primary N) is 2. The van der Waals surface area contributed by atoms with Crippen molar-refractivity contribution in [1.82, 2.24) is 4.98 Å². The number of ether oxygens (including phenoxy) is 1. The van der Waals surface area contributed by atoms with Crippen LogP contribution in [0.4, 0.5) is 15.8 Å². The van der Waals surface area contributed by atoms with Crippen molar-refractivity contribution in [3.8, 4) is 5.75 Å². The van der Waals surface area contributed by atoms with Crippen LogP contribution in [0.25, 0.3) is 5.70 Å². The van der Waals surface area contributed by atoms with Crippen molar-refractivity contribution in [2.45, 2.75) is 19.1 Å². The number of hydrogen-bond acceptors (Lipinski definition) is 7. The Labute approximate surface area is 161 Å². The Morgan fingerprint density at radius 3 is 2.81 bits per heavy atom. The third-order valence-electron chi connectivity index (χ3n) is 3.29. The molecule has 0 saturated carbocycles. The van der Waals surface area contributed by atoms with Crippen LogP contribution in [0.5, 0.6) is 5.75 Å². The molecule has 9 heteroatoms. The maximum absolute atomic E-state index is 14.8. The first-order chi connectivity index (χ1) is 12.3. The van der Waals surface area contributed by atoms with Gasteiger partial charge in [0.15, 0.2) is 5.82 Å². The van der Waals surface area contributed by atoms with Crippen molar-refractivity contribution in [3.63, 3.8) is 0 Å². The molecule has 0 spiro atoms. The number of methoxy groups -OCH3 is 1. The topological polar surface area (TPSA) is 89.4 Å². The first-order valence-electron chi connectivity index (χ1n) is 7.73. The number of nitrogens with one attached hydrogen (secondary N) is 1. The van der Waals surface area contributed by atoms with Gasteiger partial charge in [-0.15, -0.1) is 0 Å². The van der Waals surface area contributed by atoms with Gasteiger partial charge in [-0.3, -0.25) is 9.99 Å². The molecule has 1 heterocycles. The van der Waals surface area contributed by atoms with E-state index in [0.717, 1.165) is 5.01 Å². The number of rotatable bonds is 7. The summed E-state index contributed by atoms with van der Waals surface area (Å²) in [6, 6.07) is 4.82. The van der Waals surface area contributed by atoms with Crippen LogP contribution in [0.2, 0.25) is 5.02 Å². The van der Waals surface area contributed by atoms with E-state index in [0.29, 0.717) is 11.3 Å². The van der Waals surface area contributed by atoms with E-state index < -0.39 is 5.82 Å². The number of aromatic nitrogens is 1. The van der Waals surface area contributed by atoms with Crippen molar-refractivity contribution in [3.05, 3.63) is 53.2 Å². The fraction of sp³-hybridized carbons (Fsp3) is 0.235. The predicted octanol–water partition coefficient (Wildman–Crippen LogP) is 3.99. The molecule has 0 aliphatic heterocycles. The Morgan fingerprint density at radius 1 is 1.42 bits per heavy atom. The Kier molecular flexibility index (Phi) is 6.96. The highest BCUT2D eigenvalue weighted by Gasteiger charge is 2.17. The van der Waals surface area contributed by atoms with Gasteiger partial charge in [0.1, 0.15) is 11.4 Å². The smallest absolute Gasteiger partial charge is 0.173 e. The van der Waals surface area contributed by atoms with Crippen LogP contribution >= 0.6 is 23.5 Å². The minimum absolute atomic E-state index is 0.0137. The maximum atomic E-state index is 14.8. The number of nitrogens with zero attached hydrogens (tertiary/aromatic N) is 2. The van der Waals surface area contributed by atoms with Gasteiger partial charge in [-0.05, 0) is 30.1 Å². The molecule has 0 amide bonds. The highest BCUT2D eigenvalue weighted by atomic mass is 35.5. The summed E-state index contributed by atoms with van der Waals surface area (Å²) < 4.78 is 22.9. The second-order valence-electron chi connectivity index (χ2n) is 5.63. The summed E-state index contributed by atoms with van der Waals surface area (Å²) in [7, 11) is 1.53. The Morgan fingerprint density at radius 2 is 2.15 bits per heavy atom. The highest BCUT2D eigenvalue weighted by Crippen LogP contribution is 2.34. The summed E-state index contributed by atoms with van der Waals surface area (Å²) in [4.78, 5) is 4.03. The SMILES string of the molecule is COc1cncc(/C(N)=C/N(N)c2c(Cl)ccc(NSC(C)C)c2F)c1. The Bertz CT molecular complexity index is 803. The number of anilines is 2. The standard InChI is InChI=1S/C17H21ClFN5OS/c1-10(2)26-23-15-5-4-13(18)17(16(15)19)24(21)9-14(20)11-6-12(25-3)8-22-7-11/h4-10,23H,20-21H2,1-3H3/b14-9-. The van der Waals surface area contributed by atoms with Crippen LogP contribution in [0.1, 0.15) is 19.4 Å². The molecule has 6 nitrogen and oxygen atoms in total. The van der Waals surface area contributed by atoms with Crippen LogP contribution in [0, 0.1) is 5.82 Å². The van der Waals surface area contributed by atoms with Gasteiger partial charge in [-0.2, -0.15) is 0 Å². The zero-order chi connectivity index (χ0) is 19.3. The van der Waals surface area contributed by atoms with Gasteiger partial charge >= 0.3 is 0 Å². The van der Waals surface area contributed by atoms with E-state index in [1.54, 1.807) is 30.6 Å². The molecule has 0 aliphatic rings. The maximum Gasteiger partial charge on any atom is 0.173 e. The first kappa shape index (κ1) is 20.2. The van der Waals surface area contributed by atoms with Crippen LogP contribution in [-0.4, -0.2) is 17.3 Å². The second-order valence-corrected chi connectivity index (χ2v) is 7.42. The quantitative estimate of drug-likeness (QED) is 0.369. The number of benzene rings is 1. The summed E-state index contributed by atoms with van der Waals surface area (Å²) in [5, 5.41) is 1.49. The molecular weight excluding hydrogens is 377 g/mol. The van der Waals surface area contributed by atoms with E-state index in [1.807, 2.05) is 13.8 Å². The van der Waals surface area contributed by atoms with E-state index >= 15 is 0 Å². The summed E-state index contributed by atoms with van der Waals surface area (Å²) in [6.45, 7) is 3.99. The molecule has 0 unspecified atom stereocenters. The fourth-order valence-electron chi connectivity index (χ4n) is 2.02. The van der Waals surface area contributed by atoms with E-state index in [-0.39, 0.29) is 27.3 Å². The number of halogens is 2. The van der Waals surface area contributed by atoms with Gasteiger partial charge in [-0.1, -0.05) is 25.4 Å². The van der Waals surface area contributed by atoms with Crippen molar-refractivity contribution < 1.29 is 9.13 Å². The molecule has 0 fully saturated rings. The van der Waals surface area contributed by atoms with Gasteiger partial charge < -0.3 is 15.2 Å². The molecule has 140 valence electrons. The minimum Gasteiger partial charge on any atom is -0.495 e. The Balaban J connectivity index is 2.32. The lowest BCUT2D eigenvalue weighted by molar-refractivity contribution is 0.412. The van der Waals surface area contributed by atoms with Crippen molar-refractivity contribution in [2.24, 2.45) is 11.6 Å². The zero-order valence-corrected chi connectivity index (χ0v) is 16.2. The van der Waals surface area contributed by atoms with Gasteiger partial charge in [-0.25, -0.2) is 10.2 Å². The molecule has 1 aromatic carbocycles. The van der Waals surface area contributed by atoms with E-state index in [1.165, 1.54) is 25.3 Å². The Hall–Kier alpha value is -2.16. The summed E-state index contributed by atoms with van der Waals surface area (Å²) in [5.74, 6) is 5.97. The first-order valence-corrected chi connectivity index (χ1v) is 8.99. The van der Waals surface area contributed by atoms with E-state index in [4.69, 9.17) is 27.9 Å². The molecule has 5 N–H and O–H groups in total. The molecule has 2 rings (SSSR count). The van der Waals surface area contributed by atoms with E-state index in [2.05, 4.69) is 9.71 Å².